The Kier molecular flexibility index (Phi) is 6.28. The number of esters is 1. The summed E-state index contributed by atoms with van der Waals surface area (Å²) >= 11 is 0. The number of aromatic nitrogens is 2. The Morgan fingerprint density at radius 3 is 2.68 bits per heavy atom. The van der Waals surface area contributed by atoms with Gasteiger partial charge in [-0.25, -0.2) is 4.57 Å². The van der Waals surface area contributed by atoms with Crippen molar-refractivity contribution in [2.75, 3.05) is 0 Å². The first kappa shape index (κ1) is 21.0. The zero-order valence-corrected chi connectivity index (χ0v) is 18.5. The number of pyridine rings is 2. The number of benzene rings is 1. The first-order valence-corrected chi connectivity index (χ1v) is 10.7. The first-order valence-electron chi connectivity index (χ1n) is 10.1. The van der Waals surface area contributed by atoms with Crippen LogP contribution in [0.15, 0.2) is 83.4 Å². The zero-order valence-electron chi connectivity index (χ0n) is 17.3. The maximum Gasteiger partial charge on any atom is 0.312 e. The van der Waals surface area contributed by atoms with E-state index < -0.39 is 5.28 Å². The molecule has 2 atom stereocenters. The Balaban J connectivity index is 1.36. The van der Waals surface area contributed by atoms with E-state index in [1.165, 1.54) is 0 Å². The lowest BCUT2D eigenvalue weighted by molar-refractivity contribution is -0.695. The van der Waals surface area contributed by atoms with Crippen LogP contribution in [0.4, 0.5) is 5.69 Å². The van der Waals surface area contributed by atoms with Gasteiger partial charge in [0.25, 0.3) is 0 Å². The number of hydrogen-bond acceptors (Lipinski definition) is 5. The molecule has 0 aliphatic carbocycles. The van der Waals surface area contributed by atoms with Crippen molar-refractivity contribution >= 4 is 27.0 Å². The lowest BCUT2D eigenvalue weighted by Crippen LogP contribution is -2.34. The molecule has 156 valence electrons. The number of carbonyl (C=O) groups is 1. The van der Waals surface area contributed by atoms with Crippen molar-refractivity contribution in [3.63, 3.8) is 0 Å². The Morgan fingerprint density at radius 2 is 1.90 bits per heavy atom. The van der Waals surface area contributed by atoms with Gasteiger partial charge in [-0.15, -0.1) is 9.24 Å². The van der Waals surface area contributed by atoms with E-state index in [1.807, 2.05) is 90.8 Å². The number of azo groups is 1. The third kappa shape index (κ3) is 5.68. The molecule has 1 aliphatic rings. The van der Waals surface area contributed by atoms with Crippen LogP contribution in [0.1, 0.15) is 24.6 Å². The molecular formula is C24H24N4O2P+. The molecule has 0 saturated carbocycles. The quantitative estimate of drug-likeness (QED) is 0.318. The standard InChI is InChI=1S/C24H24N4O2P/c1-24(31)11-7-21-22(26-27-24)15-20(16-25-21)19-8-12-28(13-9-19)14-10-23(29)30-17-18-5-3-2-4-6-18/h2-9,11-13,15-16H,10,14,17,31H2,1H3/q+1. The molecule has 2 aromatic heterocycles. The number of aryl methyl sites for hydroxylation is 1. The van der Waals surface area contributed by atoms with Gasteiger partial charge in [0.1, 0.15) is 24.0 Å². The maximum atomic E-state index is 12.0. The van der Waals surface area contributed by atoms with E-state index in [-0.39, 0.29) is 5.97 Å². The number of hydrogen-bond donors (Lipinski definition) is 0. The minimum Gasteiger partial charge on any atom is -0.461 e. The monoisotopic (exact) mass is 431 g/mol. The summed E-state index contributed by atoms with van der Waals surface area (Å²) in [7, 11) is 2.67. The minimum absolute atomic E-state index is 0.213. The molecule has 0 fully saturated rings. The van der Waals surface area contributed by atoms with Crippen LogP contribution in [0.25, 0.3) is 17.2 Å². The van der Waals surface area contributed by atoms with E-state index in [0.29, 0.717) is 19.6 Å². The molecule has 31 heavy (non-hydrogen) atoms. The molecule has 0 spiro atoms. The molecule has 6 nitrogen and oxygen atoms in total. The number of carbonyl (C=O) groups excluding carboxylic acids is 1. The number of ether oxygens (including phenoxy) is 1. The third-order valence-electron chi connectivity index (χ3n) is 4.89. The van der Waals surface area contributed by atoms with Crippen molar-refractivity contribution in [1.82, 2.24) is 4.98 Å². The second-order valence-corrected chi connectivity index (χ2v) is 8.78. The van der Waals surface area contributed by atoms with Gasteiger partial charge >= 0.3 is 5.97 Å². The van der Waals surface area contributed by atoms with E-state index in [2.05, 4.69) is 24.5 Å². The van der Waals surface area contributed by atoms with Crippen LogP contribution in [0.2, 0.25) is 0 Å². The Morgan fingerprint density at radius 1 is 1.13 bits per heavy atom. The molecule has 1 aliphatic heterocycles. The Hall–Kier alpha value is -3.24. The molecule has 3 heterocycles. The summed E-state index contributed by atoms with van der Waals surface area (Å²) in [6, 6.07) is 15.7. The van der Waals surface area contributed by atoms with Crippen molar-refractivity contribution in [1.29, 1.82) is 0 Å². The van der Waals surface area contributed by atoms with Crippen molar-refractivity contribution in [2.45, 2.75) is 31.8 Å². The third-order valence-corrected chi connectivity index (χ3v) is 5.20. The van der Waals surface area contributed by atoms with Crippen molar-refractivity contribution < 1.29 is 14.1 Å². The SMILES string of the molecule is CC1(P)C=Cc2ncc(-c3cc[n+](CCC(=O)OCc4ccccc4)cc3)cc2N=N1. The lowest BCUT2D eigenvalue weighted by atomic mass is 10.1. The van der Waals surface area contributed by atoms with Crippen LogP contribution in [0, 0.1) is 0 Å². The second-order valence-electron chi connectivity index (χ2n) is 7.61. The molecule has 0 radical (unpaired) electrons. The topological polar surface area (TPSA) is 67.8 Å². The molecule has 0 amide bonds. The predicted octanol–water partition coefficient (Wildman–Crippen LogP) is 4.87. The highest BCUT2D eigenvalue weighted by Gasteiger charge is 2.17. The van der Waals surface area contributed by atoms with Gasteiger partial charge in [-0.3, -0.25) is 9.78 Å². The van der Waals surface area contributed by atoms with Gasteiger partial charge in [-0.2, -0.15) is 10.2 Å². The van der Waals surface area contributed by atoms with Gasteiger partial charge in [-0.05, 0) is 36.3 Å². The summed E-state index contributed by atoms with van der Waals surface area (Å²) in [6.07, 6.45) is 9.97. The fraction of sp³-hybridized carbons (Fsp3) is 0.208. The highest BCUT2D eigenvalue weighted by Crippen LogP contribution is 2.33. The zero-order chi connectivity index (χ0) is 21.7. The number of rotatable bonds is 6. The van der Waals surface area contributed by atoms with Gasteiger partial charge < -0.3 is 4.74 Å². The van der Waals surface area contributed by atoms with Crippen LogP contribution in [0.5, 0.6) is 0 Å². The fourth-order valence-electron chi connectivity index (χ4n) is 3.10. The molecule has 0 saturated heterocycles. The summed E-state index contributed by atoms with van der Waals surface area (Å²) in [4.78, 5) is 16.5. The molecule has 1 aromatic carbocycles. The average Bonchev–Trinajstić information content (AvgIpc) is 2.95. The van der Waals surface area contributed by atoms with Crippen molar-refractivity contribution in [3.8, 4) is 11.1 Å². The summed E-state index contributed by atoms with van der Waals surface area (Å²) in [5.74, 6) is -0.213. The van der Waals surface area contributed by atoms with Gasteiger partial charge in [0.15, 0.2) is 18.9 Å². The van der Waals surface area contributed by atoms with Crippen LogP contribution >= 0.6 is 9.24 Å². The normalized spacial score (nSPS) is 17.1. The minimum atomic E-state index is -0.415. The van der Waals surface area contributed by atoms with E-state index in [1.54, 1.807) is 0 Å². The predicted molar refractivity (Wildman–Crippen MR) is 122 cm³/mol. The number of nitrogens with zero attached hydrogens (tertiary/aromatic N) is 4. The highest BCUT2D eigenvalue weighted by molar-refractivity contribution is 7.19. The Labute approximate surface area is 183 Å². The summed E-state index contributed by atoms with van der Waals surface area (Å²) in [5, 5.41) is 8.27. The van der Waals surface area contributed by atoms with E-state index in [0.717, 1.165) is 28.1 Å². The van der Waals surface area contributed by atoms with Gasteiger partial charge in [0.2, 0.25) is 0 Å². The number of fused-ring (bicyclic) bond motifs is 1. The molecule has 7 heteroatoms. The molecule has 3 aromatic rings. The summed E-state index contributed by atoms with van der Waals surface area (Å²) in [6.45, 7) is 2.83. The van der Waals surface area contributed by atoms with E-state index in [9.17, 15) is 4.79 Å². The smallest absolute Gasteiger partial charge is 0.312 e. The first-order chi connectivity index (χ1) is 15.0. The molecule has 2 unspecified atom stereocenters. The van der Waals surface area contributed by atoms with E-state index >= 15 is 0 Å². The van der Waals surface area contributed by atoms with E-state index in [4.69, 9.17) is 4.74 Å². The largest absolute Gasteiger partial charge is 0.461 e. The van der Waals surface area contributed by atoms with Crippen molar-refractivity contribution in [2.24, 2.45) is 10.2 Å². The van der Waals surface area contributed by atoms with Gasteiger partial charge in [-0.1, -0.05) is 30.3 Å². The summed E-state index contributed by atoms with van der Waals surface area (Å²) < 4.78 is 7.30. The van der Waals surface area contributed by atoms with Crippen LogP contribution < -0.4 is 4.57 Å². The highest BCUT2D eigenvalue weighted by atomic mass is 31.0. The molecule has 0 N–H and O–H groups in total. The van der Waals surface area contributed by atoms with Gasteiger partial charge in [0, 0.05) is 23.9 Å². The molecular weight excluding hydrogens is 407 g/mol. The fourth-order valence-corrected chi connectivity index (χ4v) is 3.26. The van der Waals surface area contributed by atoms with Crippen LogP contribution in [-0.2, 0) is 22.7 Å². The average molecular weight is 431 g/mol. The molecule has 4 rings (SSSR count). The lowest BCUT2D eigenvalue weighted by Gasteiger charge is -2.09. The van der Waals surface area contributed by atoms with Crippen LogP contribution in [0.3, 0.4) is 0 Å². The second kappa shape index (κ2) is 9.27. The maximum absolute atomic E-state index is 12.0. The van der Waals surface area contributed by atoms with Gasteiger partial charge in [0.05, 0.1) is 5.69 Å². The van der Waals surface area contributed by atoms with Crippen molar-refractivity contribution in [3.05, 3.63) is 84.5 Å². The van der Waals surface area contributed by atoms with Crippen LogP contribution in [-0.4, -0.2) is 16.2 Å². The Bertz CT molecular complexity index is 1130. The summed E-state index contributed by atoms with van der Waals surface area (Å²) in [5.41, 5.74) is 4.53. The molecule has 0 bridgehead atoms.